The van der Waals surface area contributed by atoms with Gasteiger partial charge in [-0.1, -0.05) is 6.07 Å². The summed E-state index contributed by atoms with van der Waals surface area (Å²) in [5.41, 5.74) is 0. The van der Waals surface area contributed by atoms with Crippen molar-refractivity contribution in [3.8, 4) is 0 Å². The molecule has 0 saturated heterocycles. The van der Waals surface area contributed by atoms with Gasteiger partial charge in [0.25, 0.3) is 0 Å². The summed E-state index contributed by atoms with van der Waals surface area (Å²) in [4.78, 5) is 2.14. The summed E-state index contributed by atoms with van der Waals surface area (Å²) >= 11 is 13.1. The molecule has 92 valence electrons. The van der Waals surface area contributed by atoms with Gasteiger partial charge in [0.2, 0.25) is 0 Å². The highest BCUT2D eigenvalue weighted by Gasteiger charge is 2.16. The van der Waals surface area contributed by atoms with E-state index in [1.54, 1.807) is 34.8 Å². The van der Waals surface area contributed by atoms with Crippen molar-refractivity contribution in [1.82, 2.24) is 0 Å². The Bertz CT molecular complexity index is 704. The molecule has 3 rings (SSSR count). The number of rotatable bonds is 2. The molecule has 1 unspecified atom stereocenters. The molecule has 1 atom stereocenters. The third-order valence-electron chi connectivity index (χ3n) is 2.59. The van der Waals surface area contributed by atoms with Crippen molar-refractivity contribution < 1.29 is 4.39 Å². The first-order chi connectivity index (χ1) is 8.63. The number of fused-ring (bicyclic) bond motifs is 1. The minimum atomic E-state index is -0.208. The second-order valence-electron chi connectivity index (χ2n) is 3.84. The summed E-state index contributed by atoms with van der Waals surface area (Å²) in [6.07, 6.45) is 0. The van der Waals surface area contributed by atoms with Crippen molar-refractivity contribution in [2.24, 2.45) is 0 Å². The summed E-state index contributed by atoms with van der Waals surface area (Å²) in [5, 5.41) is 0.874. The van der Waals surface area contributed by atoms with Gasteiger partial charge < -0.3 is 0 Å². The molecule has 18 heavy (non-hydrogen) atoms. The maximum absolute atomic E-state index is 13.1. The Morgan fingerprint density at radius 2 is 1.89 bits per heavy atom. The predicted molar refractivity (Wildman–Crippen MR) is 81.5 cm³/mol. The maximum atomic E-state index is 13.1. The molecule has 0 saturated carbocycles. The first-order valence-electron chi connectivity index (χ1n) is 5.22. The van der Waals surface area contributed by atoms with Gasteiger partial charge in [-0.2, -0.15) is 0 Å². The van der Waals surface area contributed by atoms with Crippen molar-refractivity contribution in [2.75, 3.05) is 0 Å². The van der Waals surface area contributed by atoms with Crippen LogP contribution in [0.5, 0.6) is 0 Å². The fourth-order valence-electron chi connectivity index (χ4n) is 1.76. The van der Waals surface area contributed by atoms with Gasteiger partial charge in [-0.05, 0) is 51.6 Å². The molecule has 1 aromatic carbocycles. The van der Waals surface area contributed by atoms with Crippen molar-refractivity contribution in [1.29, 1.82) is 0 Å². The molecular formula is C13H7BrClFS2. The van der Waals surface area contributed by atoms with Crippen molar-refractivity contribution in [3.05, 3.63) is 55.8 Å². The molecule has 2 aromatic heterocycles. The van der Waals surface area contributed by atoms with Crippen LogP contribution in [0, 0.1) is 5.82 Å². The van der Waals surface area contributed by atoms with E-state index in [9.17, 15) is 4.39 Å². The Labute approximate surface area is 125 Å². The third kappa shape index (κ3) is 2.35. The van der Waals surface area contributed by atoms with Gasteiger partial charge >= 0.3 is 0 Å². The van der Waals surface area contributed by atoms with E-state index in [1.165, 1.54) is 6.07 Å². The van der Waals surface area contributed by atoms with Crippen LogP contribution in [0.2, 0.25) is 0 Å². The molecule has 0 nitrogen and oxygen atoms in total. The average Bonchev–Trinajstić information content (AvgIpc) is 2.93. The molecule has 0 amide bonds. The maximum Gasteiger partial charge on any atom is 0.124 e. The van der Waals surface area contributed by atoms with Gasteiger partial charge in [0.1, 0.15) is 11.2 Å². The second-order valence-corrected chi connectivity index (χ2v) is 7.88. The third-order valence-corrected chi connectivity index (χ3v) is 6.17. The first kappa shape index (κ1) is 12.6. The Hall–Kier alpha value is -0.420. The Balaban J connectivity index is 2.03. The topological polar surface area (TPSA) is 0 Å². The quantitative estimate of drug-likeness (QED) is 0.477. The lowest BCUT2D eigenvalue weighted by atomic mass is 10.2. The zero-order valence-electron chi connectivity index (χ0n) is 8.99. The fourth-order valence-corrected chi connectivity index (χ4v) is 4.74. The van der Waals surface area contributed by atoms with Gasteiger partial charge in [0.15, 0.2) is 0 Å². The average molecular weight is 362 g/mol. The molecule has 0 spiro atoms. The zero-order chi connectivity index (χ0) is 12.7. The molecule has 2 heterocycles. The molecule has 3 aromatic rings. The normalized spacial score (nSPS) is 13.1. The van der Waals surface area contributed by atoms with E-state index in [0.29, 0.717) is 0 Å². The summed E-state index contributed by atoms with van der Waals surface area (Å²) in [5.74, 6) is -0.208. The molecule has 0 aliphatic rings. The first-order valence-corrected chi connectivity index (χ1v) is 8.08. The summed E-state index contributed by atoms with van der Waals surface area (Å²) in [6, 6.07) is 10.9. The number of benzene rings is 1. The Morgan fingerprint density at radius 3 is 2.61 bits per heavy atom. The van der Waals surface area contributed by atoms with Gasteiger partial charge in [0, 0.05) is 14.5 Å². The SMILES string of the molecule is Fc1ccc2cc(C(Cl)c3ccc(Br)s3)sc2c1. The lowest BCUT2D eigenvalue weighted by molar-refractivity contribution is 0.630. The van der Waals surface area contributed by atoms with Crippen LogP contribution in [0.3, 0.4) is 0 Å². The summed E-state index contributed by atoms with van der Waals surface area (Å²) < 4.78 is 15.1. The molecule has 0 aliphatic carbocycles. The van der Waals surface area contributed by atoms with Crippen LogP contribution in [0.15, 0.2) is 40.2 Å². The van der Waals surface area contributed by atoms with Crippen LogP contribution >= 0.6 is 50.2 Å². The van der Waals surface area contributed by atoms with Gasteiger partial charge in [-0.15, -0.1) is 34.3 Å². The van der Waals surface area contributed by atoms with Gasteiger partial charge in [-0.25, -0.2) is 4.39 Å². The van der Waals surface area contributed by atoms with Crippen molar-refractivity contribution >= 4 is 60.3 Å². The van der Waals surface area contributed by atoms with Gasteiger partial charge in [-0.3, -0.25) is 0 Å². The van der Waals surface area contributed by atoms with E-state index in [2.05, 4.69) is 15.9 Å². The van der Waals surface area contributed by atoms with Crippen molar-refractivity contribution in [3.63, 3.8) is 0 Å². The number of halogens is 3. The molecule has 5 heteroatoms. The monoisotopic (exact) mass is 360 g/mol. The Morgan fingerprint density at radius 1 is 1.06 bits per heavy atom. The van der Waals surface area contributed by atoms with Crippen LogP contribution in [0.1, 0.15) is 15.1 Å². The van der Waals surface area contributed by atoms with E-state index in [1.807, 2.05) is 18.2 Å². The fraction of sp³-hybridized carbons (Fsp3) is 0.0769. The minimum Gasteiger partial charge on any atom is -0.207 e. The molecule has 0 N–H and O–H groups in total. The van der Waals surface area contributed by atoms with E-state index in [-0.39, 0.29) is 11.2 Å². The summed E-state index contributed by atoms with van der Waals surface area (Å²) in [6.45, 7) is 0. The minimum absolute atomic E-state index is 0.165. The molecule has 0 aliphatic heterocycles. The van der Waals surface area contributed by atoms with E-state index in [0.717, 1.165) is 23.6 Å². The number of alkyl halides is 1. The molecule has 0 radical (unpaired) electrons. The lowest BCUT2D eigenvalue weighted by Gasteiger charge is -2.02. The zero-order valence-corrected chi connectivity index (χ0v) is 13.0. The smallest absolute Gasteiger partial charge is 0.124 e. The van der Waals surface area contributed by atoms with Crippen LogP contribution < -0.4 is 0 Å². The van der Waals surface area contributed by atoms with E-state index < -0.39 is 0 Å². The van der Waals surface area contributed by atoms with Crippen LogP contribution in [-0.4, -0.2) is 0 Å². The molecule has 0 fully saturated rings. The van der Waals surface area contributed by atoms with Gasteiger partial charge in [0.05, 0.1) is 3.79 Å². The largest absolute Gasteiger partial charge is 0.207 e. The second kappa shape index (κ2) is 4.93. The lowest BCUT2D eigenvalue weighted by Crippen LogP contribution is -1.83. The van der Waals surface area contributed by atoms with Crippen LogP contribution in [-0.2, 0) is 0 Å². The standard InChI is InChI=1S/C13H7BrClFS2/c14-12-4-3-9(18-12)13(15)11-5-7-1-2-8(16)6-10(7)17-11/h1-6,13H. The molecule has 0 bridgehead atoms. The Kier molecular flexibility index (Phi) is 3.45. The molecular weight excluding hydrogens is 355 g/mol. The highest BCUT2D eigenvalue weighted by atomic mass is 79.9. The number of hydrogen-bond donors (Lipinski definition) is 0. The van der Waals surface area contributed by atoms with E-state index in [4.69, 9.17) is 11.6 Å². The number of thiophene rings is 2. The number of hydrogen-bond acceptors (Lipinski definition) is 2. The van der Waals surface area contributed by atoms with E-state index >= 15 is 0 Å². The van der Waals surface area contributed by atoms with Crippen molar-refractivity contribution in [2.45, 2.75) is 5.38 Å². The summed E-state index contributed by atoms with van der Waals surface area (Å²) in [7, 11) is 0. The highest BCUT2D eigenvalue weighted by Crippen LogP contribution is 2.40. The highest BCUT2D eigenvalue weighted by molar-refractivity contribution is 9.11. The predicted octanol–water partition coefficient (Wildman–Crippen LogP) is 6.19. The van der Waals surface area contributed by atoms with Crippen LogP contribution in [0.25, 0.3) is 10.1 Å². The van der Waals surface area contributed by atoms with Crippen LogP contribution in [0.4, 0.5) is 4.39 Å².